The van der Waals surface area contributed by atoms with Crippen LogP contribution in [0.3, 0.4) is 0 Å². The van der Waals surface area contributed by atoms with Crippen LogP contribution in [0.5, 0.6) is 0 Å². The topological polar surface area (TPSA) is 216 Å². The lowest BCUT2D eigenvalue weighted by Crippen LogP contribution is -2.71. The maximum Gasteiger partial charge on any atom is 0.414 e. The zero-order chi connectivity index (χ0) is 29.8. The summed E-state index contributed by atoms with van der Waals surface area (Å²) in [6, 6.07) is -1.12. The van der Waals surface area contributed by atoms with E-state index in [4.69, 9.17) is 14.3 Å². The Hall–Kier alpha value is -4.06. The highest BCUT2D eigenvalue weighted by Gasteiger charge is 2.54. The first-order chi connectivity index (χ1) is 18.7. The molecular weight excluding hydrogens is 572 g/mol. The predicted molar refractivity (Wildman–Crippen MR) is 139 cm³/mol. The van der Waals surface area contributed by atoms with Crippen molar-refractivity contribution in [3.63, 3.8) is 0 Å². The fourth-order valence-corrected chi connectivity index (χ4v) is 5.35. The third kappa shape index (κ3) is 7.32. The summed E-state index contributed by atoms with van der Waals surface area (Å²) in [4.78, 5) is 82.4. The van der Waals surface area contributed by atoms with E-state index in [1.165, 1.54) is 14.0 Å². The van der Waals surface area contributed by atoms with Crippen LogP contribution in [0, 0.1) is 0 Å². The van der Waals surface area contributed by atoms with Crippen LogP contribution in [0.4, 0.5) is 9.93 Å². The van der Waals surface area contributed by atoms with Crippen LogP contribution in [-0.4, -0.2) is 97.2 Å². The Kier molecular flexibility index (Phi) is 9.46. The Labute approximate surface area is 235 Å². The van der Waals surface area contributed by atoms with E-state index in [9.17, 15) is 33.9 Å². The predicted octanol–water partition coefficient (Wildman–Crippen LogP) is 0.496. The molecule has 40 heavy (non-hydrogen) atoms. The van der Waals surface area contributed by atoms with E-state index in [1.54, 1.807) is 20.8 Å². The van der Waals surface area contributed by atoms with E-state index in [1.807, 2.05) is 0 Å². The van der Waals surface area contributed by atoms with Gasteiger partial charge in [-0.05, 0) is 27.7 Å². The number of aliphatic carboxylic acids is 1. The van der Waals surface area contributed by atoms with E-state index in [0.717, 1.165) is 28.2 Å². The number of oxime groups is 1. The summed E-state index contributed by atoms with van der Waals surface area (Å²) in [5.74, 6) is -4.36. The number of hydrogen-bond acceptors (Lipinski definition) is 14. The van der Waals surface area contributed by atoms with Crippen LogP contribution < -0.4 is 10.6 Å². The summed E-state index contributed by atoms with van der Waals surface area (Å²) < 4.78 is 14.1. The molecule has 216 valence electrons. The highest BCUT2D eigenvalue weighted by atomic mass is 32.2. The summed E-state index contributed by atoms with van der Waals surface area (Å²) >= 11 is 1.90. The highest BCUT2D eigenvalue weighted by Crippen LogP contribution is 2.40. The fourth-order valence-electron chi connectivity index (χ4n) is 3.46. The molecule has 0 radical (unpaired) electrons. The molecule has 16 nitrogen and oxygen atoms in total. The second kappa shape index (κ2) is 12.4. The number of β-lactam (4-membered cyclic amide) rings is 1. The second-order valence-electron chi connectivity index (χ2n) is 9.33. The second-order valence-corrected chi connectivity index (χ2v) is 11.2. The number of thioether (sulfide) groups is 1. The number of nitrogens with zero attached hydrogens (tertiary/aromatic N) is 4. The summed E-state index contributed by atoms with van der Waals surface area (Å²) in [5, 5.41) is 17.5. The number of carboxylic acids is 1. The molecule has 3 rings (SSSR count). The van der Waals surface area contributed by atoms with Crippen LogP contribution >= 0.6 is 23.3 Å². The molecule has 3 amide bonds. The first kappa shape index (κ1) is 30.5. The maximum absolute atomic E-state index is 13.0. The van der Waals surface area contributed by atoms with E-state index < -0.39 is 71.4 Å². The Balaban J connectivity index is 1.70. The van der Waals surface area contributed by atoms with Gasteiger partial charge in [0, 0.05) is 22.9 Å². The summed E-state index contributed by atoms with van der Waals surface area (Å²) in [6.45, 7) is 5.85. The van der Waals surface area contributed by atoms with Gasteiger partial charge in [-0.15, -0.1) is 11.8 Å². The number of carboxylic acid groups (broad SMARTS) is 1. The SMILES string of the molecule is CO/N=C(\C(=O)N[C@@H]1C(=O)N2C(C(=O)O)=C(COC(=O)CC(C)=O)CS[C@@H]12)c1nsc(NC(=O)OC(C)(C)C)n1. The van der Waals surface area contributed by atoms with Crippen molar-refractivity contribution < 1.29 is 48.2 Å². The number of rotatable bonds is 10. The normalized spacial score (nSPS) is 18.8. The first-order valence-corrected chi connectivity index (χ1v) is 13.3. The lowest BCUT2D eigenvalue weighted by Gasteiger charge is -2.49. The molecule has 0 saturated carbocycles. The largest absolute Gasteiger partial charge is 0.477 e. The molecule has 0 unspecified atom stereocenters. The molecule has 1 aromatic rings. The van der Waals surface area contributed by atoms with Crippen molar-refractivity contribution in [1.82, 2.24) is 19.6 Å². The van der Waals surface area contributed by atoms with Gasteiger partial charge in [0.2, 0.25) is 16.7 Å². The molecule has 2 atom stereocenters. The van der Waals surface area contributed by atoms with Crippen molar-refractivity contribution in [2.75, 3.05) is 24.8 Å². The molecule has 1 aromatic heterocycles. The number of aromatic nitrogens is 2. The van der Waals surface area contributed by atoms with Crippen molar-refractivity contribution >= 4 is 69.8 Å². The van der Waals surface area contributed by atoms with Gasteiger partial charge in [0.25, 0.3) is 11.8 Å². The molecule has 0 spiro atoms. The average molecular weight is 599 g/mol. The number of ketones is 1. The van der Waals surface area contributed by atoms with Gasteiger partial charge in [0.05, 0.1) is 0 Å². The lowest BCUT2D eigenvalue weighted by atomic mass is 10.0. The Morgan fingerprint density at radius 3 is 2.52 bits per heavy atom. The number of Topliss-reactive ketones (excluding diaryl/α,β-unsaturated/α-hetero) is 1. The summed E-state index contributed by atoms with van der Waals surface area (Å²) in [6.07, 6.45) is -1.24. The van der Waals surface area contributed by atoms with Gasteiger partial charge in [-0.25, -0.2) is 9.59 Å². The monoisotopic (exact) mass is 598 g/mol. The number of carbonyl (C=O) groups excluding carboxylic acids is 5. The van der Waals surface area contributed by atoms with Crippen molar-refractivity contribution in [2.45, 2.75) is 51.1 Å². The Bertz CT molecular complexity index is 1300. The Morgan fingerprint density at radius 2 is 1.93 bits per heavy atom. The van der Waals surface area contributed by atoms with E-state index >= 15 is 0 Å². The number of ether oxygens (including phenoxy) is 2. The van der Waals surface area contributed by atoms with Gasteiger partial charge < -0.3 is 24.7 Å². The molecule has 1 fully saturated rings. The van der Waals surface area contributed by atoms with Crippen molar-refractivity contribution in [1.29, 1.82) is 0 Å². The quantitative estimate of drug-likeness (QED) is 0.110. The molecule has 0 bridgehead atoms. The number of carbonyl (C=O) groups is 6. The third-order valence-electron chi connectivity index (χ3n) is 4.98. The van der Waals surface area contributed by atoms with Crippen LogP contribution in [0.1, 0.15) is 39.9 Å². The van der Waals surface area contributed by atoms with Gasteiger partial charge in [-0.2, -0.15) is 9.36 Å². The minimum atomic E-state index is -1.42. The number of amides is 3. The minimum absolute atomic E-state index is 0.0161. The van der Waals surface area contributed by atoms with Crippen LogP contribution in [0.25, 0.3) is 0 Å². The van der Waals surface area contributed by atoms with Crippen molar-refractivity contribution in [3.05, 3.63) is 17.1 Å². The molecule has 3 N–H and O–H groups in total. The van der Waals surface area contributed by atoms with E-state index in [0.29, 0.717) is 0 Å². The molecular formula is C22H26N6O10S2. The molecule has 2 aliphatic heterocycles. The standard InChI is InChI=1S/C22H26N6O10S2/c1-9(29)6-11(30)37-7-10-8-39-18-13(17(32)28(18)14(10)19(33)34)23-16(31)12(26-36-5)15-24-20(40-27-15)25-21(35)38-22(2,3)4/h13,18H,6-8H2,1-5H3,(H,23,31)(H,33,34)(H,24,25,27,35)/b26-12-/t13-,18+/m1/s1. The van der Waals surface area contributed by atoms with Gasteiger partial charge in [0.15, 0.2) is 0 Å². The molecule has 0 aliphatic carbocycles. The molecule has 0 aromatic carbocycles. The molecule has 18 heteroatoms. The highest BCUT2D eigenvalue weighted by molar-refractivity contribution is 8.00. The number of fused-ring (bicyclic) bond motifs is 1. The Morgan fingerprint density at radius 1 is 1.23 bits per heavy atom. The lowest BCUT2D eigenvalue weighted by molar-refractivity contribution is -0.150. The summed E-state index contributed by atoms with van der Waals surface area (Å²) in [5.41, 5.74) is -1.34. The van der Waals surface area contributed by atoms with Gasteiger partial charge in [-0.1, -0.05) is 5.16 Å². The first-order valence-electron chi connectivity index (χ1n) is 11.5. The molecule has 1 saturated heterocycles. The zero-order valence-corrected chi connectivity index (χ0v) is 23.6. The maximum atomic E-state index is 13.0. The van der Waals surface area contributed by atoms with Crippen molar-refractivity contribution in [2.24, 2.45) is 5.16 Å². The smallest absolute Gasteiger partial charge is 0.414 e. The molecule has 3 heterocycles. The average Bonchev–Trinajstić information content (AvgIpc) is 3.29. The zero-order valence-electron chi connectivity index (χ0n) is 22.0. The van der Waals surface area contributed by atoms with Gasteiger partial charge >= 0.3 is 18.0 Å². The molecule has 2 aliphatic rings. The van der Waals surface area contributed by atoms with E-state index in [2.05, 4.69) is 25.1 Å². The fraction of sp³-hybridized carbons (Fsp3) is 0.500. The number of anilines is 1. The number of nitrogens with one attached hydrogen (secondary N) is 2. The van der Waals surface area contributed by atoms with Crippen LogP contribution in [-0.2, 0) is 38.3 Å². The number of esters is 1. The van der Waals surface area contributed by atoms with Crippen molar-refractivity contribution in [3.8, 4) is 0 Å². The minimum Gasteiger partial charge on any atom is -0.477 e. The van der Waals surface area contributed by atoms with Gasteiger partial charge in [0.1, 0.15) is 48.6 Å². The third-order valence-corrected chi connectivity index (χ3v) is 6.95. The van der Waals surface area contributed by atoms with E-state index in [-0.39, 0.29) is 28.0 Å². The summed E-state index contributed by atoms with van der Waals surface area (Å²) in [7, 11) is 1.18. The number of hydrogen-bond donors (Lipinski definition) is 3. The van der Waals surface area contributed by atoms with Crippen LogP contribution in [0.2, 0.25) is 0 Å². The van der Waals surface area contributed by atoms with Gasteiger partial charge in [-0.3, -0.25) is 29.4 Å². The van der Waals surface area contributed by atoms with Crippen LogP contribution in [0.15, 0.2) is 16.4 Å².